The number of benzene rings is 1. The summed E-state index contributed by atoms with van der Waals surface area (Å²) in [5.74, 6) is 0.153. The molecule has 0 aromatic heterocycles. The van der Waals surface area contributed by atoms with Crippen molar-refractivity contribution in [2.75, 3.05) is 20.8 Å². The quantitative estimate of drug-likeness (QED) is 0.801. The fraction of sp³-hybridized carbons (Fsp3) is 0.429. The van der Waals surface area contributed by atoms with Crippen LogP contribution < -0.4 is 14.8 Å². The number of hydrogen-bond acceptors (Lipinski definition) is 6. The van der Waals surface area contributed by atoms with Crippen LogP contribution in [-0.2, 0) is 14.3 Å². The van der Waals surface area contributed by atoms with Gasteiger partial charge in [-0.2, -0.15) is 0 Å². The molecule has 1 N–H and O–H groups in total. The number of ketones is 1. The normalized spacial score (nSPS) is 19.4. The summed E-state index contributed by atoms with van der Waals surface area (Å²) in [4.78, 5) is 25.7. The number of carbonyl (C=O) groups is 2. The summed E-state index contributed by atoms with van der Waals surface area (Å²) in [6.45, 7) is 3.87. The standard InChI is InChI=1S/C21H25NO5/c1-5-27-21(24)17-12(2)22-14-9-7-10-15(23)19(14)18(17)13-8-6-11-16(25-3)20(13)26-4/h6,8,11,18,22H,5,7,9-10H2,1-4H3/t18-/m0/s1. The monoisotopic (exact) mass is 371 g/mol. The number of methoxy groups -OCH3 is 2. The van der Waals surface area contributed by atoms with Gasteiger partial charge in [-0.25, -0.2) is 4.79 Å². The molecule has 0 amide bonds. The van der Waals surface area contributed by atoms with E-state index in [4.69, 9.17) is 14.2 Å². The van der Waals surface area contributed by atoms with Crippen LogP contribution in [0.1, 0.15) is 44.6 Å². The van der Waals surface area contributed by atoms with Gasteiger partial charge in [-0.3, -0.25) is 4.79 Å². The molecule has 0 fully saturated rings. The maximum atomic E-state index is 12.9. The summed E-state index contributed by atoms with van der Waals surface area (Å²) in [5.41, 5.74) is 3.38. The fourth-order valence-electron chi connectivity index (χ4n) is 3.91. The van der Waals surface area contributed by atoms with Gasteiger partial charge < -0.3 is 19.5 Å². The van der Waals surface area contributed by atoms with Crippen LogP contribution in [0.15, 0.2) is 40.7 Å². The highest BCUT2D eigenvalue weighted by atomic mass is 16.5. The van der Waals surface area contributed by atoms with E-state index in [-0.39, 0.29) is 12.4 Å². The first-order valence-corrected chi connectivity index (χ1v) is 9.15. The van der Waals surface area contributed by atoms with E-state index in [0.29, 0.717) is 34.8 Å². The van der Waals surface area contributed by atoms with E-state index in [0.717, 1.165) is 24.1 Å². The van der Waals surface area contributed by atoms with E-state index in [1.807, 2.05) is 19.1 Å². The molecular weight excluding hydrogens is 346 g/mol. The molecule has 0 bridgehead atoms. The summed E-state index contributed by atoms with van der Waals surface area (Å²) in [7, 11) is 3.12. The Morgan fingerprint density at radius 3 is 2.67 bits per heavy atom. The number of allylic oxidation sites excluding steroid dienone is 3. The van der Waals surface area contributed by atoms with Crippen molar-refractivity contribution in [2.24, 2.45) is 0 Å². The Morgan fingerprint density at radius 2 is 2.00 bits per heavy atom. The van der Waals surface area contributed by atoms with Crippen molar-refractivity contribution in [1.82, 2.24) is 5.32 Å². The SMILES string of the molecule is CCOC(=O)C1=C(C)NC2=C(C(=O)CCC2)[C@H]1c1cccc(OC)c1OC. The van der Waals surface area contributed by atoms with Crippen molar-refractivity contribution in [1.29, 1.82) is 0 Å². The zero-order chi connectivity index (χ0) is 19.6. The van der Waals surface area contributed by atoms with Crippen molar-refractivity contribution in [3.63, 3.8) is 0 Å². The van der Waals surface area contributed by atoms with Gasteiger partial charge in [-0.05, 0) is 32.8 Å². The number of dihydropyridines is 1. The lowest BCUT2D eigenvalue weighted by atomic mass is 9.75. The van der Waals surface area contributed by atoms with Crippen LogP contribution >= 0.6 is 0 Å². The van der Waals surface area contributed by atoms with Crippen LogP contribution in [0.4, 0.5) is 0 Å². The predicted molar refractivity (Wildman–Crippen MR) is 101 cm³/mol. The molecule has 1 heterocycles. The maximum Gasteiger partial charge on any atom is 0.336 e. The van der Waals surface area contributed by atoms with Crippen molar-refractivity contribution < 1.29 is 23.8 Å². The van der Waals surface area contributed by atoms with E-state index in [1.165, 1.54) is 0 Å². The number of ether oxygens (including phenoxy) is 3. The lowest BCUT2D eigenvalue weighted by Gasteiger charge is -2.34. The van der Waals surface area contributed by atoms with Gasteiger partial charge in [0.15, 0.2) is 17.3 Å². The Kier molecular flexibility index (Phi) is 5.54. The molecule has 27 heavy (non-hydrogen) atoms. The lowest BCUT2D eigenvalue weighted by molar-refractivity contribution is -0.138. The van der Waals surface area contributed by atoms with Gasteiger partial charge in [0.1, 0.15) is 0 Å². The van der Waals surface area contributed by atoms with Crippen LogP contribution in [-0.4, -0.2) is 32.6 Å². The van der Waals surface area contributed by atoms with E-state index in [2.05, 4.69) is 5.32 Å². The van der Waals surface area contributed by atoms with E-state index in [9.17, 15) is 9.59 Å². The maximum absolute atomic E-state index is 12.9. The molecular formula is C21H25NO5. The molecule has 0 saturated carbocycles. The Hall–Kier alpha value is -2.76. The highest BCUT2D eigenvalue weighted by Crippen LogP contribution is 2.47. The Balaban J connectivity index is 2.25. The largest absolute Gasteiger partial charge is 0.493 e. The van der Waals surface area contributed by atoms with Crippen LogP contribution in [0.3, 0.4) is 0 Å². The minimum Gasteiger partial charge on any atom is -0.493 e. The van der Waals surface area contributed by atoms with Gasteiger partial charge >= 0.3 is 5.97 Å². The first-order valence-electron chi connectivity index (χ1n) is 9.15. The Bertz CT molecular complexity index is 837. The molecule has 1 aromatic carbocycles. The molecule has 6 heteroatoms. The smallest absolute Gasteiger partial charge is 0.336 e. The Morgan fingerprint density at radius 1 is 1.22 bits per heavy atom. The summed E-state index contributed by atoms with van der Waals surface area (Å²) >= 11 is 0. The molecule has 0 spiro atoms. The van der Waals surface area contributed by atoms with Crippen molar-refractivity contribution in [3.05, 3.63) is 46.3 Å². The van der Waals surface area contributed by atoms with Crippen LogP contribution in [0.5, 0.6) is 11.5 Å². The topological polar surface area (TPSA) is 73.9 Å². The average molecular weight is 371 g/mol. The van der Waals surface area contributed by atoms with Crippen molar-refractivity contribution in [3.8, 4) is 11.5 Å². The van der Waals surface area contributed by atoms with Gasteiger partial charge in [0.25, 0.3) is 0 Å². The van der Waals surface area contributed by atoms with Crippen molar-refractivity contribution >= 4 is 11.8 Å². The Labute approximate surface area is 159 Å². The molecule has 3 rings (SSSR count). The molecule has 1 atom stereocenters. The van der Waals surface area contributed by atoms with Crippen molar-refractivity contribution in [2.45, 2.75) is 39.0 Å². The molecule has 1 aromatic rings. The average Bonchev–Trinajstić information content (AvgIpc) is 2.66. The number of esters is 1. The number of para-hydroxylation sites is 1. The molecule has 1 aliphatic carbocycles. The molecule has 0 saturated heterocycles. The van der Waals surface area contributed by atoms with Gasteiger partial charge in [0.2, 0.25) is 0 Å². The summed E-state index contributed by atoms with van der Waals surface area (Å²) < 4.78 is 16.3. The third kappa shape index (κ3) is 3.31. The van der Waals surface area contributed by atoms with Gasteiger partial charge in [-0.1, -0.05) is 12.1 Å². The highest BCUT2D eigenvalue weighted by Gasteiger charge is 2.40. The lowest BCUT2D eigenvalue weighted by Crippen LogP contribution is -2.34. The van der Waals surface area contributed by atoms with E-state index < -0.39 is 11.9 Å². The zero-order valence-corrected chi connectivity index (χ0v) is 16.2. The number of nitrogens with one attached hydrogen (secondary N) is 1. The van der Waals surface area contributed by atoms with Gasteiger partial charge in [0.05, 0.1) is 32.3 Å². The molecule has 144 valence electrons. The second kappa shape index (κ2) is 7.86. The van der Waals surface area contributed by atoms with Crippen LogP contribution in [0.25, 0.3) is 0 Å². The second-order valence-electron chi connectivity index (χ2n) is 6.57. The van der Waals surface area contributed by atoms with E-state index >= 15 is 0 Å². The summed E-state index contributed by atoms with van der Waals surface area (Å²) in [5, 5.41) is 3.27. The molecule has 0 unspecified atom stereocenters. The van der Waals surface area contributed by atoms with Crippen LogP contribution in [0.2, 0.25) is 0 Å². The fourth-order valence-corrected chi connectivity index (χ4v) is 3.91. The molecule has 1 aliphatic heterocycles. The number of carbonyl (C=O) groups excluding carboxylic acids is 2. The first-order chi connectivity index (χ1) is 13.0. The minimum absolute atomic E-state index is 0.0490. The number of hydrogen-bond donors (Lipinski definition) is 1. The first kappa shape index (κ1) is 19.0. The summed E-state index contributed by atoms with van der Waals surface area (Å²) in [6.07, 6.45) is 2.05. The number of rotatable bonds is 5. The molecule has 0 radical (unpaired) electrons. The molecule has 6 nitrogen and oxygen atoms in total. The summed E-state index contributed by atoms with van der Waals surface area (Å²) in [6, 6.07) is 5.50. The van der Waals surface area contributed by atoms with E-state index in [1.54, 1.807) is 27.2 Å². The zero-order valence-electron chi connectivity index (χ0n) is 16.2. The van der Waals surface area contributed by atoms with Gasteiger partial charge in [-0.15, -0.1) is 0 Å². The molecule has 2 aliphatic rings. The van der Waals surface area contributed by atoms with Crippen LogP contribution in [0, 0.1) is 0 Å². The third-order valence-electron chi connectivity index (χ3n) is 5.02. The highest BCUT2D eigenvalue weighted by molar-refractivity contribution is 6.04. The minimum atomic E-state index is -0.543. The third-order valence-corrected chi connectivity index (χ3v) is 5.02. The predicted octanol–water partition coefficient (Wildman–Crippen LogP) is 3.23. The second-order valence-corrected chi connectivity index (χ2v) is 6.57. The van der Waals surface area contributed by atoms with Gasteiger partial charge in [0, 0.05) is 29.0 Å². The number of Topliss-reactive ketones (excluding diaryl/α,β-unsaturated/α-hetero) is 1.